The van der Waals surface area contributed by atoms with Crippen molar-refractivity contribution in [1.82, 2.24) is 10.9 Å². The molecule has 4 N–H and O–H groups in total. The van der Waals surface area contributed by atoms with Crippen LogP contribution in [0.4, 0.5) is 5.69 Å². The van der Waals surface area contributed by atoms with Crippen LogP contribution in [0.15, 0.2) is 93.9 Å². The maximum absolute atomic E-state index is 14.4. The van der Waals surface area contributed by atoms with Gasteiger partial charge in [0.15, 0.2) is 21.5 Å². The average molecular weight is 677 g/mol. The molecule has 0 radical (unpaired) electrons. The van der Waals surface area contributed by atoms with Crippen molar-refractivity contribution in [2.75, 3.05) is 25.5 Å². The molecule has 2 aliphatic rings. The Hall–Kier alpha value is -4.46. The lowest BCUT2D eigenvalue weighted by molar-refractivity contribution is -0.130. The number of hydrazine groups is 1. The molecule has 5 rings (SSSR count). The van der Waals surface area contributed by atoms with Crippen molar-refractivity contribution >= 4 is 27.3 Å². The van der Waals surface area contributed by atoms with Crippen molar-refractivity contribution in [3.05, 3.63) is 100 Å². The van der Waals surface area contributed by atoms with Crippen molar-refractivity contribution in [2.24, 2.45) is 10.1 Å². The summed E-state index contributed by atoms with van der Waals surface area (Å²) >= 11 is 0. The van der Waals surface area contributed by atoms with Gasteiger partial charge in [-0.1, -0.05) is 66.8 Å². The summed E-state index contributed by atoms with van der Waals surface area (Å²) in [6.07, 6.45) is 2.94. The van der Waals surface area contributed by atoms with E-state index in [1.165, 1.54) is 12.1 Å². The summed E-state index contributed by atoms with van der Waals surface area (Å²) < 4.78 is 39.2. The van der Waals surface area contributed by atoms with Crippen molar-refractivity contribution in [1.29, 1.82) is 0 Å². The summed E-state index contributed by atoms with van der Waals surface area (Å²) in [6, 6.07) is 21.4. The predicted octanol–water partition coefficient (Wildman–Crippen LogP) is 4.83. The number of azide groups is 1. The molecule has 1 saturated carbocycles. The van der Waals surface area contributed by atoms with Crippen LogP contribution in [0.3, 0.4) is 0 Å². The maximum Gasteiger partial charge on any atom is 0.266 e. The van der Waals surface area contributed by atoms with Gasteiger partial charge < -0.3 is 19.7 Å². The van der Waals surface area contributed by atoms with Crippen LogP contribution in [-0.2, 0) is 19.4 Å². The monoisotopic (exact) mass is 676 g/mol. The molecule has 0 unspecified atom stereocenters. The number of aliphatic hydroxyl groups is 2. The number of hydrogen-bond donors (Lipinski definition) is 4. The second-order valence-electron chi connectivity index (χ2n) is 12.0. The molecule has 48 heavy (non-hydrogen) atoms. The number of amides is 1. The normalized spacial score (nSPS) is 20.2. The number of nitrogens with one attached hydrogen (secondary N) is 2. The summed E-state index contributed by atoms with van der Waals surface area (Å²) in [5.74, 6) is -0.494. The van der Waals surface area contributed by atoms with E-state index in [0.717, 1.165) is 19.3 Å². The minimum absolute atomic E-state index is 0.000274. The third-order valence-corrected chi connectivity index (χ3v) is 10.4. The van der Waals surface area contributed by atoms with Gasteiger partial charge in [-0.2, -0.15) is 0 Å². The summed E-state index contributed by atoms with van der Waals surface area (Å²) in [6.45, 7) is 0.416. The Kier molecular flexibility index (Phi) is 11.3. The maximum atomic E-state index is 14.4. The van der Waals surface area contributed by atoms with E-state index in [4.69, 9.17) is 19.6 Å². The molecule has 1 heterocycles. The highest BCUT2D eigenvalue weighted by atomic mass is 32.2. The Morgan fingerprint density at radius 1 is 1.04 bits per heavy atom. The fourth-order valence-corrected chi connectivity index (χ4v) is 7.40. The van der Waals surface area contributed by atoms with Crippen molar-refractivity contribution in [3.8, 4) is 5.75 Å². The largest absolute Gasteiger partial charge is 0.494 e. The van der Waals surface area contributed by atoms with Crippen LogP contribution in [0.2, 0.25) is 0 Å². The number of rotatable bonds is 15. The first-order chi connectivity index (χ1) is 23.2. The molecule has 0 aromatic heterocycles. The zero-order valence-corrected chi connectivity index (χ0v) is 27.3. The SMILES string of the molecule is [N-]=[N+]=Nc1ccccc1[C@@H]1OC(c2ccc(OCCCO)cc2)=N[C@]1(CCS(=O)(=O)c1ccccc1)C(=O)NNCC1(O)CCCCC1. The van der Waals surface area contributed by atoms with E-state index in [1.807, 2.05) is 0 Å². The van der Waals surface area contributed by atoms with Crippen LogP contribution in [0, 0.1) is 0 Å². The highest BCUT2D eigenvalue weighted by Crippen LogP contribution is 2.46. The average Bonchev–Trinajstić information content (AvgIpc) is 3.50. The van der Waals surface area contributed by atoms with E-state index in [-0.39, 0.29) is 36.1 Å². The lowest BCUT2D eigenvalue weighted by Gasteiger charge is -2.34. The number of carbonyl (C=O) groups is 1. The first-order valence-electron chi connectivity index (χ1n) is 16.0. The van der Waals surface area contributed by atoms with Crippen LogP contribution in [0.25, 0.3) is 10.4 Å². The van der Waals surface area contributed by atoms with Crippen molar-refractivity contribution in [2.45, 2.75) is 67.1 Å². The smallest absolute Gasteiger partial charge is 0.266 e. The van der Waals surface area contributed by atoms with E-state index in [2.05, 4.69) is 20.9 Å². The van der Waals surface area contributed by atoms with Crippen LogP contribution < -0.4 is 15.6 Å². The van der Waals surface area contributed by atoms with Crippen LogP contribution in [0.5, 0.6) is 5.75 Å². The molecule has 13 nitrogen and oxygen atoms in total. The zero-order valence-electron chi connectivity index (χ0n) is 26.5. The van der Waals surface area contributed by atoms with Crippen LogP contribution >= 0.6 is 0 Å². The number of benzene rings is 3. The quantitative estimate of drug-likeness (QED) is 0.0578. The van der Waals surface area contributed by atoms with Crippen LogP contribution in [-0.4, -0.2) is 67.1 Å². The van der Waals surface area contributed by atoms with Gasteiger partial charge >= 0.3 is 0 Å². The molecule has 1 fully saturated rings. The number of hydrogen-bond acceptors (Lipinski definition) is 10. The van der Waals surface area contributed by atoms with Crippen molar-refractivity contribution in [3.63, 3.8) is 0 Å². The standard InChI is InChI=1S/C34H40N6O7S/c35-40-38-29-13-6-5-12-28(29)30-34(20-23-48(44,45)27-10-3-1-4-11-27,32(42)39-36-24-33(43)18-7-2-8-19-33)37-31(47-30)25-14-16-26(17-15-25)46-22-9-21-41/h1,3-6,10-17,30,36,41,43H,2,7-9,18-24H2,(H,39,42)/t30-,34-/m0/s1. The Bertz CT molecular complexity index is 1740. The molecule has 3 aromatic rings. The first kappa shape index (κ1) is 34.9. The lowest BCUT2D eigenvalue weighted by Crippen LogP contribution is -2.56. The van der Waals surface area contributed by atoms with E-state index < -0.39 is 38.7 Å². The predicted molar refractivity (Wildman–Crippen MR) is 179 cm³/mol. The van der Waals surface area contributed by atoms with Gasteiger partial charge in [0, 0.05) is 47.7 Å². The molecule has 3 aromatic carbocycles. The third kappa shape index (κ3) is 8.15. The van der Waals surface area contributed by atoms with E-state index in [1.54, 1.807) is 66.7 Å². The Morgan fingerprint density at radius 2 is 1.75 bits per heavy atom. The molecule has 254 valence electrons. The molecule has 14 heteroatoms. The molecule has 0 spiro atoms. The Labute approximate surface area is 279 Å². The van der Waals surface area contributed by atoms with Gasteiger partial charge in [0.25, 0.3) is 5.91 Å². The molecule has 0 bridgehead atoms. The van der Waals surface area contributed by atoms with Gasteiger partial charge in [-0.3, -0.25) is 10.2 Å². The molecule has 1 aliphatic heterocycles. The highest BCUT2D eigenvalue weighted by molar-refractivity contribution is 7.91. The topological polar surface area (TPSA) is 195 Å². The number of aliphatic hydroxyl groups excluding tert-OH is 1. The Morgan fingerprint density at radius 3 is 2.46 bits per heavy atom. The minimum Gasteiger partial charge on any atom is -0.494 e. The minimum atomic E-state index is -3.87. The molecular formula is C34H40N6O7S. The fourth-order valence-electron chi connectivity index (χ4n) is 6.02. The number of nitrogens with zero attached hydrogens (tertiary/aromatic N) is 4. The molecule has 1 aliphatic carbocycles. The van der Waals surface area contributed by atoms with Gasteiger partial charge in [-0.25, -0.2) is 18.8 Å². The molecular weight excluding hydrogens is 636 g/mol. The second kappa shape index (κ2) is 15.6. The van der Waals surface area contributed by atoms with Gasteiger partial charge in [-0.15, -0.1) is 0 Å². The summed E-state index contributed by atoms with van der Waals surface area (Å²) in [4.78, 5) is 22.3. The van der Waals surface area contributed by atoms with Gasteiger partial charge in [0.05, 0.1) is 22.9 Å². The van der Waals surface area contributed by atoms with Gasteiger partial charge in [-0.05, 0) is 54.8 Å². The van der Waals surface area contributed by atoms with Gasteiger partial charge in [0.1, 0.15) is 5.75 Å². The van der Waals surface area contributed by atoms with Crippen LogP contribution in [0.1, 0.15) is 62.2 Å². The number of aliphatic imine (C=N–C) groups is 1. The van der Waals surface area contributed by atoms with E-state index in [0.29, 0.717) is 42.7 Å². The summed E-state index contributed by atoms with van der Waals surface area (Å²) in [7, 11) is -3.87. The Balaban J connectivity index is 1.55. The molecule has 1 amide bonds. The highest BCUT2D eigenvalue weighted by Gasteiger charge is 2.54. The molecule has 2 atom stereocenters. The summed E-state index contributed by atoms with van der Waals surface area (Å²) in [5.41, 5.74) is 13.1. The molecule has 0 saturated heterocycles. The number of sulfone groups is 1. The van der Waals surface area contributed by atoms with E-state index >= 15 is 0 Å². The van der Waals surface area contributed by atoms with Gasteiger partial charge in [0.2, 0.25) is 5.90 Å². The van der Waals surface area contributed by atoms with Crippen molar-refractivity contribution < 1.29 is 32.9 Å². The first-order valence-corrected chi connectivity index (χ1v) is 17.6. The van der Waals surface area contributed by atoms with E-state index in [9.17, 15) is 23.8 Å². The second-order valence-corrected chi connectivity index (χ2v) is 14.1. The summed E-state index contributed by atoms with van der Waals surface area (Å²) in [5, 5.41) is 23.9. The lowest BCUT2D eigenvalue weighted by atomic mass is 9.84. The fraction of sp³-hybridized carbons (Fsp3) is 0.412. The number of ether oxygens (including phenoxy) is 2. The zero-order chi connectivity index (χ0) is 34.0. The number of carbonyl (C=O) groups excluding carboxylic acids is 1. The third-order valence-electron chi connectivity index (χ3n) is 8.66.